The molecule has 0 spiro atoms. The van der Waals surface area contributed by atoms with Crippen molar-refractivity contribution in [1.82, 2.24) is 4.90 Å². The average Bonchev–Trinajstić information content (AvgIpc) is 2.34. The Hall–Kier alpha value is -1.48. The van der Waals surface area contributed by atoms with E-state index in [0.717, 1.165) is 38.3 Å². The fourth-order valence-corrected chi connectivity index (χ4v) is 3.01. The Morgan fingerprint density at radius 1 is 1.41 bits per heavy atom. The van der Waals surface area contributed by atoms with Crippen molar-refractivity contribution >= 4 is 11.4 Å². The summed E-state index contributed by atoms with van der Waals surface area (Å²) in [5.74, 6) is 0. The number of nitrogens with zero attached hydrogens (tertiary/aromatic N) is 2. The van der Waals surface area contributed by atoms with Crippen molar-refractivity contribution in [2.24, 2.45) is 0 Å². The van der Waals surface area contributed by atoms with Crippen molar-refractivity contribution in [2.75, 3.05) is 36.8 Å². The van der Waals surface area contributed by atoms with Crippen molar-refractivity contribution in [3.8, 4) is 0 Å². The molecule has 17 heavy (non-hydrogen) atoms. The summed E-state index contributed by atoms with van der Waals surface area (Å²) in [7, 11) is 0. The highest BCUT2D eigenvalue weighted by Gasteiger charge is 2.32. The van der Waals surface area contributed by atoms with Gasteiger partial charge in [-0.3, -0.25) is 4.90 Å². The van der Waals surface area contributed by atoms with Crippen LogP contribution < -0.4 is 10.6 Å². The van der Waals surface area contributed by atoms with Crippen LogP contribution in [0.1, 0.15) is 5.56 Å². The van der Waals surface area contributed by atoms with Crippen molar-refractivity contribution < 1.29 is 0 Å². The summed E-state index contributed by atoms with van der Waals surface area (Å²) in [6.45, 7) is 8.20. The van der Waals surface area contributed by atoms with E-state index < -0.39 is 0 Å². The number of hydrogen-bond donors (Lipinski definition) is 1. The summed E-state index contributed by atoms with van der Waals surface area (Å²) < 4.78 is 0. The molecule has 1 fully saturated rings. The molecule has 1 aromatic carbocycles. The highest BCUT2D eigenvalue weighted by molar-refractivity contribution is 5.63. The third-order valence-electron chi connectivity index (χ3n) is 3.87. The van der Waals surface area contributed by atoms with Gasteiger partial charge in [0.2, 0.25) is 0 Å². The maximum Gasteiger partial charge on any atom is 0.0421 e. The molecule has 0 saturated carbocycles. The molecule has 2 bridgehead atoms. The molecule has 3 rings (SSSR count). The van der Waals surface area contributed by atoms with E-state index in [1.807, 2.05) is 12.1 Å². The predicted molar refractivity (Wildman–Crippen MR) is 72.3 cm³/mol. The molecular weight excluding hydrogens is 210 g/mol. The first-order valence-corrected chi connectivity index (χ1v) is 6.26. The van der Waals surface area contributed by atoms with Gasteiger partial charge in [0.1, 0.15) is 0 Å². The minimum atomic E-state index is 0.637. The maximum absolute atomic E-state index is 5.88. The number of fused-ring (bicyclic) bond motifs is 4. The van der Waals surface area contributed by atoms with Crippen LogP contribution in [0, 0.1) is 0 Å². The second-order valence-corrected chi connectivity index (χ2v) is 4.98. The van der Waals surface area contributed by atoms with Crippen LogP contribution in [0.15, 0.2) is 30.9 Å². The Bertz CT molecular complexity index is 441. The van der Waals surface area contributed by atoms with Crippen LogP contribution in [0.4, 0.5) is 11.4 Å². The van der Waals surface area contributed by atoms with Crippen LogP contribution in [-0.4, -0.2) is 37.1 Å². The highest BCUT2D eigenvalue weighted by atomic mass is 15.3. The van der Waals surface area contributed by atoms with E-state index in [-0.39, 0.29) is 0 Å². The summed E-state index contributed by atoms with van der Waals surface area (Å²) in [6, 6.07) is 6.95. The summed E-state index contributed by atoms with van der Waals surface area (Å²) >= 11 is 0. The van der Waals surface area contributed by atoms with Crippen LogP contribution in [0.5, 0.6) is 0 Å². The highest BCUT2D eigenvalue weighted by Crippen LogP contribution is 2.32. The van der Waals surface area contributed by atoms with Crippen LogP contribution in [0.2, 0.25) is 0 Å². The zero-order chi connectivity index (χ0) is 11.8. The number of rotatable bonds is 2. The first-order valence-electron chi connectivity index (χ1n) is 6.26. The molecule has 90 valence electrons. The van der Waals surface area contributed by atoms with E-state index >= 15 is 0 Å². The number of hydrogen-bond acceptors (Lipinski definition) is 3. The number of anilines is 2. The van der Waals surface area contributed by atoms with Gasteiger partial charge in [-0.05, 0) is 24.1 Å². The van der Waals surface area contributed by atoms with Gasteiger partial charge in [0.05, 0.1) is 0 Å². The summed E-state index contributed by atoms with van der Waals surface area (Å²) in [5, 5.41) is 0. The van der Waals surface area contributed by atoms with Crippen molar-refractivity contribution in [2.45, 2.75) is 12.5 Å². The van der Waals surface area contributed by atoms with E-state index in [2.05, 4.69) is 28.5 Å². The Labute approximate surface area is 103 Å². The first-order chi connectivity index (χ1) is 8.28. The van der Waals surface area contributed by atoms with Gasteiger partial charge in [-0.2, -0.15) is 0 Å². The summed E-state index contributed by atoms with van der Waals surface area (Å²) in [6.07, 6.45) is 3.15. The van der Waals surface area contributed by atoms with Crippen molar-refractivity contribution in [1.29, 1.82) is 0 Å². The Balaban J connectivity index is 1.91. The Morgan fingerprint density at radius 2 is 2.29 bits per heavy atom. The Morgan fingerprint density at radius 3 is 3.12 bits per heavy atom. The lowest BCUT2D eigenvalue weighted by Crippen LogP contribution is -2.56. The largest absolute Gasteiger partial charge is 0.399 e. The number of piperazine rings is 1. The SMILES string of the molecule is C=CCN1CCN2C[C@H]1Cc1ccc(N)cc12. The number of nitrogens with two attached hydrogens (primary N) is 1. The molecule has 2 heterocycles. The molecule has 0 aromatic heterocycles. The van der Waals surface area contributed by atoms with Crippen LogP contribution in [0.25, 0.3) is 0 Å². The van der Waals surface area contributed by atoms with E-state index in [1.165, 1.54) is 11.3 Å². The minimum Gasteiger partial charge on any atom is -0.399 e. The van der Waals surface area contributed by atoms with Gasteiger partial charge in [0, 0.05) is 43.6 Å². The van der Waals surface area contributed by atoms with E-state index in [1.54, 1.807) is 0 Å². The summed E-state index contributed by atoms with van der Waals surface area (Å²) in [5.41, 5.74) is 9.53. The molecule has 0 amide bonds. The van der Waals surface area contributed by atoms with E-state index in [9.17, 15) is 0 Å². The third-order valence-corrected chi connectivity index (χ3v) is 3.87. The lowest BCUT2D eigenvalue weighted by molar-refractivity contribution is 0.188. The van der Waals surface area contributed by atoms with Crippen molar-refractivity contribution in [3.63, 3.8) is 0 Å². The van der Waals surface area contributed by atoms with Gasteiger partial charge in [0.15, 0.2) is 0 Å². The average molecular weight is 229 g/mol. The molecule has 1 aromatic rings. The van der Waals surface area contributed by atoms with Gasteiger partial charge in [-0.15, -0.1) is 6.58 Å². The predicted octanol–water partition coefficient (Wildman–Crippen LogP) is 1.50. The topological polar surface area (TPSA) is 32.5 Å². The van der Waals surface area contributed by atoms with Crippen LogP contribution in [-0.2, 0) is 6.42 Å². The van der Waals surface area contributed by atoms with Crippen LogP contribution in [0.3, 0.4) is 0 Å². The molecule has 3 nitrogen and oxygen atoms in total. The fourth-order valence-electron chi connectivity index (χ4n) is 3.01. The third kappa shape index (κ3) is 1.80. The standard InChI is InChI=1S/C14H19N3/c1-2-5-16-6-7-17-10-13(16)8-11-3-4-12(15)9-14(11)17/h2-4,9,13H,1,5-8,10,15H2/t13-/m1/s1. The second kappa shape index (κ2) is 4.08. The van der Waals surface area contributed by atoms with Crippen molar-refractivity contribution in [3.05, 3.63) is 36.4 Å². The monoisotopic (exact) mass is 229 g/mol. The molecule has 1 atom stereocenters. The molecule has 0 unspecified atom stereocenters. The molecule has 1 saturated heterocycles. The zero-order valence-electron chi connectivity index (χ0n) is 10.1. The van der Waals surface area contributed by atoms with Gasteiger partial charge in [-0.1, -0.05) is 12.1 Å². The maximum atomic E-state index is 5.88. The van der Waals surface area contributed by atoms with Gasteiger partial charge >= 0.3 is 0 Å². The normalized spacial score (nSPS) is 23.3. The lowest BCUT2D eigenvalue weighted by Gasteiger charge is -2.46. The smallest absolute Gasteiger partial charge is 0.0421 e. The van der Waals surface area contributed by atoms with E-state index in [4.69, 9.17) is 5.73 Å². The van der Waals surface area contributed by atoms with Gasteiger partial charge in [-0.25, -0.2) is 0 Å². The molecule has 2 N–H and O–H groups in total. The lowest BCUT2D eigenvalue weighted by atomic mass is 9.94. The zero-order valence-corrected chi connectivity index (χ0v) is 10.1. The molecule has 0 aliphatic carbocycles. The minimum absolute atomic E-state index is 0.637. The second-order valence-electron chi connectivity index (χ2n) is 4.98. The number of nitrogen functional groups attached to an aromatic ring is 1. The molecule has 2 aliphatic heterocycles. The molecule has 3 heteroatoms. The van der Waals surface area contributed by atoms with Gasteiger partial charge < -0.3 is 10.6 Å². The fraction of sp³-hybridized carbons (Fsp3) is 0.429. The molecular formula is C14H19N3. The van der Waals surface area contributed by atoms with E-state index in [0.29, 0.717) is 6.04 Å². The number of benzene rings is 1. The quantitative estimate of drug-likeness (QED) is 0.616. The Kier molecular flexibility index (Phi) is 2.56. The van der Waals surface area contributed by atoms with Gasteiger partial charge in [0.25, 0.3) is 0 Å². The van der Waals surface area contributed by atoms with Crippen LogP contribution >= 0.6 is 0 Å². The molecule has 2 aliphatic rings. The molecule has 0 radical (unpaired) electrons. The first kappa shape index (κ1) is 10.7. The summed E-state index contributed by atoms with van der Waals surface area (Å²) in [4.78, 5) is 5.00.